The van der Waals surface area contributed by atoms with Crippen molar-refractivity contribution < 1.29 is 14.6 Å². The predicted octanol–water partition coefficient (Wildman–Crippen LogP) is 2.35. The number of urea groups is 1. The molecule has 0 heterocycles. The van der Waals surface area contributed by atoms with Crippen molar-refractivity contribution >= 4 is 6.03 Å². The first-order valence-electron chi connectivity index (χ1n) is 8.02. The van der Waals surface area contributed by atoms with Gasteiger partial charge in [0.25, 0.3) is 0 Å². The number of carbonyl (C=O) groups excluding carboxylic acids is 1. The molecule has 22 heavy (non-hydrogen) atoms. The van der Waals surface area contributed by atoms with Crippen molar-refractivity contribution in [3.63, 3.8) is 0 Å². The molecule has 122 valence electrons. The summed E-state index contributed by atoms with van der Waals surface area (Å²) in [6, 6.07) is 5.72. The normalized spacial score (nSPS) is 20.7. The summed E-state index contributed by atoms with van der Waals surface area (Å²) in [5, 5.41) is 15.4. The smallest absolute Gasteiger partial charge is 0.315 e. The second-order valence-corrected chi connectivity index (χ2v) is 5.85. The van der Waals surface area contributed by atoms with Gasteiger partial charge in [-0.2, -0.15) is 0 Å². The molecule has 0 spiro atoms. The summed E-state index contributed by atoms with van der Waals surface area (Å²) in [5.41, 5.74) is 2.10. The largest absolute Gasteiger partial charge is 0.494 e. The second kappa shape index (κ2) is 8.03. The molecule has 5 nitrogen and oxygen atoms in total. The van der Waals surface area contributed by atoms with Crippen LogP contribution in [0.4, 0.5) is 4.79 Å². The molecule has 1 aliphatic carbocycles. The maximum Gasteiger partial charge on any atom is 0.315 e. The van der Waals surface area contributed by atoms with Crippen molar-refractivity contribution in [1.82, 2.24) is 10.6 Å². The Balaban J connectivity index is 1.75. The van der Waals surface area contributed by atoms with E-state index in [0.717, 1.165) is 36.1 Å². The van der Waals surface area contributed by atoms with E-state index in [2.05, 4.69) is 10.6 Å². The van der Waals surface area contributed by atoms with Crippen LogP contribution in [-0.4, -0.2) is 30.4 Å². The molecule has 2 atom stereocenters. The lowest BCUT2D eigenvalue weighted by molar-refractivity contribution is 0.132. The van der Waals surface area contributed by atoms with Crippen LogP contribution in [0.5, 0.6) is 5.75 Å². The summed E-state index contributed by atoms with van der Waals surface area (Å²) < 4.78 is 5.50. The summed E-state index contributed by atoms with van der Waals surface area (Å²) >= 11 is 0. The summed E-state index contributed by atoms with van der Waals surface area (Å²) in [7, 11) is 0. The zero-order chi connectivity index (χ0) is 15.9. The number of amides is 2. The van der Waals surface area contributed by atoms with Crippen molar-refractivity contribution in [2.24, 2.45) is 5.92 Å². The standard InChI is InChI=1S/C17H26N2O3/c1-3-22-16-8-7-13(9-12(16)2)10-18-17(21)19-11-14-5-4-6-15(14)20/h7-9,14-15,20H,3-6,10-11H2,1-2H3,(H2,18,19,21)/t14-,15+/m0/s1. The molecule has 1 aromatic carbocycles. The minimum Gasteiger partial charge on any atom is -0.494 e. The molecule has 1 aromatic rings. The van der Waals surface area contributed by atoms with E-state index < -0.39 is 0 Å². The molecule has 0 bridgehead atoms. The van der Waals surface area contributed by atoms with E-state index in [4.69, 9.17) is 4.74 Å². The molecule has 1 saturated carbocycles. The first-order valence-corrected chi connectivity index (χ1v) is 8.02. The fourth-order valence-electron chi connectivity index (χ4n) is 2.86. The molecular weight excluding hydrogens is 280 g/mol. The van der Waals surface area contributed by atoms with Gasteiger partial charge in [0.1, 0.15) is 5.75 Å². The number of benzene rings is 1. The number of ether oxygens (including phenoxy) is 1. The third-order valence-corrected chi connectivity index (χ3v) is 4.14. The molecule has 0 saturated heterocycles. The van der Waals surface area contributed by atoms with Crippen LogP contribution in [0.15, 0.2) is 18.2 Å². The lowest BCUT2D eigenvalue weighted by atomic mass is 10.1. The topological polar surface area (TPSA) is 70.6 Å². The van der Waals surface area contributed by atoms with Gasteiger partial charge in [0, 0.05) is 19.0 Å². The Morgan fingerprint density at radius 2 is 2.18 bits per heavy atom. The molecule has 0 aliphatic heterocycles. The van der Waals surface area contributed by atoms with Crippen molar-refractivity contribution in [3.05, 3.63) is 29.3 Å². The highest BCUT2D eigenvalue weighted by Crippen LogP contribution is 2.24. The van der Waals surface area contributed by atoms with E-state index in [1.165, 1.54) is 0 Å². The van der Waals surface area contributed by atoms with Crippen molar-refractivity contribution in [2.75, 3.05) is 13.2 Å². The molecule has 5 heteroatoms. The minimum absolute atomic E-state index is 0.189. The Bertz CT molecular complexity index is 505. The number of hydrogen-bond acceptors (Lipinski definition) is 3. The van der Waals surface area contributed by atoms with Gasteiger partial charge in [0.05, 0.1) is 12.7 Å². The van der Waals surface area contributed by atoms with E-state index in [0.29, 0.717) is 19.7 Å². The van der Waals surface area contributed by atoms with Gasteiger partial charge in [0.2, 0.25) is 0 Å². The molecule has 1 fully saturated rings. The summed E-state index contributed by atoms with van der Waals surface area (Å²) in [6.07, 6.45) is 2.61. The third-order valence-electron chi connectivity index (χ3n) is 4.14. The Labute approximate surface area is 132 Å². The molecule has 2 amide bonds. The molecule has 0 unspecified atom stereocenters. The molecule has 2 rings (SSSR count). The average molecular weight is 306 g/mol. The maximum absolute atomic E-state index is 11.8. The molecule has 1 aliphatic rings. The van der Waals surface area contributed by atoms with Crippen molar-refractivity contribution in [2.45, 2.75) is 45.8 Å². The Hall–Kier alpha value is -1.75. The van der Waals surface area contributed by atoms with Crippen LogP contribution in [0.25, 0.3) is 0 Å². The lowest BCUT2D eigenvalue weighted by Gasteiger charge is -2.15. The summed E-state index contributed by atoms with van der Waals surface area (Å²) in [4.78, 5) is 11.8. The van der Waals surface area contributed by atoms with E-state index in [-0.39, 0.29) is 18.1 Å². The van der Waals surface area contributed by atoms with E-state index in [9.17, 15) is 9.90 Å². The molecule has 0 aromatic heterocycles. The zero-order valence-corrected chi connectivity index (χ0v) is 13.4. The van der Waals surface area contributed by atoms with Crippen molar-refractivity contribution in [3.8, 4) is 5.75 Å². The van der Waals surface area contributed by atoms with E-state index in [1.54, 1.807) is 0 Å². The lowest BCUT2D eigenvalue weighted by Crippen LogP contribution is -2.39. The van der Waals surface area contributed by atoms with Crippen LogP contribution in [0.2, 0.25) is 0 Å². The van der Waals surface area contributed by atoms with Crippen LogP contribution in [0, 0.1) is 12.8 Å². The highest BCUT2D eigenvalue weighted by atomic mass is 16.5. The van der Waals surface area contributed by atoms with Crippen LogP contribution in [0.3, 0.4) is 0 Å². The van der Waals surface area contributed by atoms with Gasteiger partial charge in [-0.15, -0.1) is 0 Å². The quantitative estimate of drug-likeness (QED) is 0.755. The Morgan fingerprint density at radius 3 is 2.82 bits per heavy atom. The first-order chi connectivity index (χ1) is 10.6. The fraction of sp³-hybridized carbons (Fsp3) is 0.588. The Kier molecular flexibility index (Phi) is 6.07. The van der Waals surface area contributed by atoms with Gasteiger partial charge >= 0.3 is 6.03 Å². The average Bonchev–Trinajstić information content (AvgIpc) is 2.91. The summed E-state index contributed by atoms with van der Waals surface area (Å²) in [6.45, 7) is 5.62. The van der Waals surface area contributed by atoms with Gasteiger partial charge in [0.15, 0.2) is 0 Å². The van der Waals surface area contributed by atoms with Gasteiger partial charge < -0.3 is 20.5 Å². The second-order valence-electron chi connectivity index (χ2n) is 5.85. The number of aliphatic hydroxyl groups excluding tert-OH is 1. The minimum atomic E-state index is -0.269. The number of carbonyl (C=O) groups is 1. The number of rotatable bonds is 6. The van der Waals surface area contributed by atoms with Gasteiger partial charge in [-0.25, -0.2) is 4.79 Å². The number of aliphatic hydroxyl groups is 1. The van der Waals surface area contributed by atoms with Gasteiger partial charge in [-0.3, -0.25) is 0 Å². The van der Waals surface area contributed by atoms with Crippen molar-refractivity contribution in [1.29, 1.82) is 0 Å². The van der Waals surface area contributed by atoms with Gasteiger partial charge in [-0.05, 0) is 43.9 Å². The van der Waals surface area contributed by atoms with E-state index >= 15 is 0 Å². The first kappa shape index (κ1) is 16.6. The van der Waals surface area contributed by atoms with Crippen LogP contribution >= 0.6 is 0 Å². The fourth-order valence-corrected chi connectivity index (χ4v) is 2.86. The maximum atomic E-state index is 11.8. The SMILES string of the molecule is CCOc1ccc(CNC(=O)NC[C@@H]2CCC[C@H]2O)cc1C. The summed E-state index contributed by atoms with van der Waals surface area (Å²) in [5.74, 6) is 1.07. The number of hydrogen-bond donors (Lipinski definition) is 3. The van der Waals surface area contributed by atoms with E-state index in [1.807, 2.05) is 32.0 Å². The highest BCUT2D eigenvalue weighted by Gasteiger charge is 2.25. The monoisotopic (exact) mass is 306 g/mol. The highest BCUT2D eigenvalue weighted by molar-refractivity contribution is 5.73. The third kappa shape index (κ3) is 4.63. The van der Waals surface area contributed by atoms with Crippen LogP contribution < -0.4 is 15.4 Å². The predicted molar refractivity (Wildman–Crippen MR) is 85.9 cm³/mol. The number of aryl methyl sites for hydroxylation is 1. The molecule has 0 radical (unpaired) electrons. The zero-order valence-electron chi connectivity index (χ0n) is 13.4. The van der Waals surface area contributed by atoms with Crippen LogP contribution in [-0.2, 0) is 6.54 Å². The number of nitrogens with one attached hydrogen (secondary N) is 2. The van der Waals surface area contributed by atoms with Gasteiger partial charge in [-0.1, -0.05) is 18.6 Å². The van der Waals surface area contributed by atoms with Crippen LogP contribution in [0.1, 0.15) is 37.3 Å². The molecular formula is C17H26N2O3. The Morgan fingerprint density at radius 1 is 1.36 bits per heavy atom. The molecule has 3 N–H and O–H groups in total.